The van der Waals surface area contributed by atoms with E-state index in [1.54, 1.807) is 6.20 Å². The van der Waals surface area contributed by atoms with E-state index >= 15 is 0 Å². The maximum Gasteiger partial charge on any atom is 0.220 e. The molecular weight excluding hydrogens is 278 g/mol. The van der Waals surface area contributed by atoms with Gasteiger partial charge in [0.2, 0.25) is 5.91 Å². The fourth-order valence-corrected chi connectivity index (χ4v) is 2.61. The molecule has 3 nitrogen and oxygen atoms in total. The van der Waals surface area contributed by atoms with Gasteiger partial charge in [0.1, 0.15) is 0 Å². The van der Waals surface area contributed by atoms with Crippen LogP contribution in [0.15, 0.2) is 24.4 Å². The van der Waals surface area contributed by atoms with Gasteiger partial charge in [-0.05, 0) is 43.8 Å². The van der Waals surface area contributed by atoms with Crippen LogP contribution in [0.1, 0.15) is 53.4 Å². The van der Waals surface area contributed by atoms with Gasteiger partial charge in [-0.15, -0.1) is 0 Å². The van der Waals surface area contributed by atoms with E-state index in [1.807, 2.05) is 6.08 Å². The van der Waals surface area contributed by atoms with Crippen molar-refractivity contribution in [3.63, 3.8) is 0 Å². The predicted octanol–water partition coefficient (Wildman–Crippen LogP) is 4.77. The average Bonchev–Trinajstić information content (AvgIpc) is 2.32. The molecule has 0 unspecified atom stereocenters. The fraction of sp³-hybridized carbons (Fsp3) is 0.706. The maximum absolute atomic E-state index is 10.7. The summed E-state index contributed by atoms with van der Waals surface area (Å²) in [5, 5.41) is 2.91. The molecule has 0 aliphatic heterocycles. The van der Waals surface area contributed by atoms with Gasteiger partial charge in [0.05, 0.1) is 0 Å². The van der Waals surface area contributed by atoms with E-state index < -0.39 is 8.32 Å². The standard InChI is InChI=1S/C17H33NO2Si/c1-15(12-10-13-18-16(2)19)11-8-9-14-20-21(6,7)17(3,4)5/h10,13H,1,8-9,11-12,14H2,2-7H3,(H,18,19)/b13-10+. The number of rotatable bonds is 9. The first-order valence-electron chi connectivity index (χ1n) is 7.79. The van der Waals surface area contributed by atoms with Crippen molar-refractivity contribution in [1.29, 1.82) is 0 Å². The van der Waals surface area contributed by atoms with Crippen molar-refractivity contribution < 1.29 is 9.22 Å². The molecule has 0 spiro atoms. The lowest BCUT2D eigenvalue weighted by molar-refractivity contribution is -0.118. The zero-order chi connectivity index (χ0) is 16.5. The number of nitrogens with one attached hydrogen (secondary N) is 1. The van der Waals surface area contributed by atoms with Gasteiger partial charge in [-0.25, -0.2) is 0 Å². The number of hydrogen-bond acceptors (Lipinski definition) is 2. The Balaban J connectivity index is 3.75. The highest BCUT2D eigenvalue weighted by atomic mass is 28.4. The molecule has 21 heavy (non-hydrogen) atoms. The van der Waals surface area contributed by atoms with Crippen LogP contribution in [0.3, 0.4) is 0 Å². The van der Waals surface area contributed by atoms with Gasteiger partial charge in [-0.2, -0.15) is 0 Å². The predicted molar refractivity (Wildman–Crippen MR) is 93.7 cm³/mol. The molecule has 0 saturated heterocycles. The lowest BCUT2D eigenvalue weighted by Gasteiger charge is -2.36. The molecule has 0 fully saturated rings. The molecule has 4 heteroatoms. The lowest BCUT2D eigenvalue weighted by Crippen LogP contribution is -2.40. The van der Waals surface area contributed by atoms with Crippen molar-refractivity contribution in [1.82, 2.24) is 5.32 Å². The third-order valence-corrected chi connectivity index (χ3v) is 8.54. The van der Waals surface area contributed by atoms with E-state index in [0.717, 1.165) is 32.3 Å². The summed E-state index contributed by atoms with van der Waals surface area (Å²) in [5.41, 5.74) is 1.20. The third-order valence-electron chi connectivity index (χ3n) is 4.00. The Morgan fingerprint density at radius 3 is 2.43 bits per heavy atom. The number of hydrogen-bond donors (Lipinski definition) is 1. The number of unbranched alkanes of at least 4 members (excludes halogenated alkanes) is 1. The second kappa shape index (κ2) is 9.21. The highest BCUT2D eigenvalue weighted by Gasteiger charge is 2.36. The first-order valence-corrected chi connectivity index (χ1v) is 10.7. The van der Waals surface area contributed by atoms with Crippen molar-refractivity contribution in [2.45, 2.75) is 71.5 Å². The Morgan fingerprint density at radius 2 is 1.90 bits per heavy atom. The summed E-state index contributed by atoms with van der Waals surface area (Å²) in [6, 6.07) is 0. The molecular formula is C17H33NO2Si. The number of allylic oxidation sites excluding steroid dienone is 2. The maximum atomic E-state index is 10.7. The SMILES string of the molecule is C=C(C/C=C/NC(C)=O)CCCCO[Si](C)(C)C(C)(C)C. The van der Waals surface area contributed by atoms with E-state index in [0.29, 0.717) is 0 Å². The lowest BCUT2D eigenvalue weighted by atomic mass is 10.1. The van der Waals surface area contributed by atoms with E-state index in [4.69, 9.17) is 4.43 Å². The van der Waals surface area contributed by atoms with Gasteiger partial charge in [-0.3, -0.25) is 4.79 Å². The smallest absolute Gasteiger partial charge is 0.220 e. The molecule has 0 aliphatic carbocycles. The summed E-state index contributed by atoms with van der Waals surface area (Å²) in [7, 11) is -1.59. The quantitative estimate of drug-likeness (QED) is 0.378. The molecule has 0 aliphatic rings. The minimum atomic E-state index is -1.59. The summed E-state index contributed by atoms with van der Waals surface area (Å²) >= 11 is 0. The van der Waals surface area contributed by atoms with E-state index in [9.17, 15) is 4.79 Å². The first kappa shape index (κ1) is 20.1. The van der Waals surface area contributed by atoms with Crippen LogP contribution in [0, 0.1) is 0 Å². The highest BCUT2D eigenvalue weighted by Crippen LogP contribution is 2.36. The molecule has 0 aromatic rings. The molecule has 0 radical (unpaired) electrons. The Hall–Kier alpha value is -0.873. The van der Waals surface area contributed by atoms with Crippen LogP contribution in [0.4, 0.5) is 0 Å². The zero-order valence-electron chi connectivity index (χ0n) is 14.7. The van der Waals surface area contributed by atoms with E-state index in [2.05, 4.69) is 45.8 Å². The van der Waals surface area contributed by atoms with E-state index in [-0.39, 0.29) is 10.9 Å². The summed E-state index contributed by atoms with van der Waals surface area (Å²) < 4.78 is 6.15. The van der Waals surface area contributed by atoms with E-state index in [1.165, 1.54) is 12.5 Å². The average molecular weight is 312 g/mol. The van der Waals surface area contributed by atoms with Crippen LogP contribution < -0.4 is 5.32 Å². The fourth-order valence-electron chi connectivity index (χ4n) is 1.52. The second-order valence-electron chi connectivity index (χ2n) is 7.12. The van der Waals surface area contributed by atoms with Gasteiger partial charge in [0.25, 0.3) is 0 Å². The van der Waals surface area contributed by atoms with Gasteiger partial charge in [0, 0.05) is 19.7 Å². The second-order valence-corrected chi connectivity index (χ2v) is 11.9. The monoisotopic (exact) mass is 311 g/mol. The summed E-state index contributed by atoms with van der Waals surface area (Å²) in [5.74, 6) is -0.0420. The summed E-state index contributed by atoms with van der Waals surface area (Å²) in [4.78, 5) is 10.7. The van der Waals surface area contributed by atoms with Crippen LogP contribution in [0.5, 0.6) is 0 Å². The van der Waals surface area contributed by atoms with Gasteiger partial charge in [-0.1, -0.05) is 39.0 Å². The van der Waals surface area contributed by atoms with Crippen molar-refractivity contribution >= 4 is 14.2 Å². The third kappa shape index (κ3) is 9.64. The largest absolute Gasteiger partial charge is 0.417 e. The van der Waals surface area contributed by atoms with Crippen LogP contribution in [-0.2, 0) is 9.22 Å². The molecule has 0 atom stereocenters. The summed E-state index contributed by atoms with van der Waals surface area (Å²) in [6.07, 6.45) is 7.67. The molecule has 0 rings (SSSR count). The molecule has 0 aromatic heterocycles. The Kier molecular flexibility index (Phi) is 8.82. The molecule has 0 saturated carbocycles. The van der Waals surface area contributed by atoms with Crippen LogP contribution in [-0.4, -0.2) is 20.8 Å². The van der Waals surface area contributed by atoms with Crippen LogP contribution in [0.25, 0.3) is 0 Å². The molecule has 0 aromatic carbocycles. The van der Waals surface area contributed by atoms with Crippen molar-refractivity contribution in [3.05, 3.63) is 24.4 Å². The summed E-state index contributed by atoms with van der Waals surface area (Å²) in [6.45, 7) is 17.8. The van der Waals surface area contributed by atoms with Gasteiger partial charge >= 0.3 is 0 Å². The minimum absolute atomic E-state index is 0.0420. The number of carbonyl (C=O) groups is 1. The molecule has 0 heterocycles. The van der Waals surface area contributed by atoms with Crippen molar-refractivity contribution in [2.24, 2.45) is 0 Å². The topological polar surface area (TPSA) is 38.3 Å². The zero-order valence-corrected chi connectivity index (χ0v) is 15.7. The van der Waals surface area contributed by atoms with Crippen molar-refractivity contribution in [3.8, 4) is 0 Å². The molecule has 0 bridgehead atoms. The minimum Gasteiger partial charge on any atom is -0.417 e. The van der Waals surface area contributed by atoms with Crippen LogP contribution >= 0.6 is 0 Å². The molecule has 1 N–H and O–H groups in total. The van der Waals surface area contributed by atoms with Crippen molar-refractivity contribution in [2.75, 3.05) is 6.61 Å². The Morgan fingerprint density at radius 1 is 1.29 bits per heavy atom. The Bertz CT molecular complexity index is 367. The molecule has 122 valence electrons. The normalized spacial score (nSPS) is 12.7. The highest BCUT2D eigenvalue weighted by molar-refractivity contribution is 6.74. The number of amides is 1. The first-order chi connectivity index (χ1) is 9.56. The van der Waals surface area contributed by atoms with Crippen LogP contribution in [0.2, 0.25) is 18.1 Å². The Labute approximate surface area is 132 Å². The number of carbonyl (C=O) groups excluding carboxylic acids is 1. The molecule has 1 amide bonds. The van der Waals surface area contributed by atoms with Gasteiger partial charge in [0.15, 0.2) is 8.32 Å². The van der Waals surface area contributed by atoms with Gasteiger partial charge < -0.3 is 9.74 Å².